The fourth-order valence-corrected chi connectivity index (χ4v) is 3.10. The molecule has 148 valence electrons. The van der Waals surface area contributed by atoms with Gasteiger partial charge in [0.15, 0.2) is 5.82 Å². The lowest BCUT2D eigenvalue weighted by molar-refractivity contribution is 0.208. The van der Waals surface area contributed by atoms with Crippen LogP contribution in [0.3, 0.4) is 0 Å². The maximum absolute atomic E-state index is 14.0. The van der Waals surface area contributed by atoms with Gasteiger partial charge in [-0.1, -0.05) is 0 Å². The molecule has 0 saturated carbocycles. The minimum atomic E-state index is -0.709. The Kier molecular flexibility index (Phi) is 5.28. The quantitative estimate of drug-likeness (QED) is 0.736. The van der Waals surface area contributed by atoms with Crippen LogP contribution in [-0.4, -0.2) is 52.1 Å². The maximum atomic E-state index is 14.0. The number of nitrogens with zero attached hydrogens (tertiary/aromatic N) is 5. The number of piperazine rings is 1. The van der Waals surface area contributed by atoms with Crippen LogP contribution >= 0.6 is 0 Å². The lowest BCUT2D eigenvalue weighted by Gasteiger charge is -2.35. The van der Waals surface area contributed by atoms with Crippen molar-refractivity contribution in [2.45, 2.75) is 0 Å². The number of hydrogen-bond acceptors (Lipinski definition) is 5. The molecule has 4 rings (SSSR count). The van der Waals surface area contributed by atoms with Gasteiger partial charge in [-0.2, -0.15) is 0 Å². The minimum absolute atomic E-state index is 0.141. The molecule has 9 heteroatoms. The first kappa shape index (κ1) is 18.7. The van der Waals surface area contributed by atoms with Gasteiger partial charge in [0.2, 0.25) is 0 Å². The third kappa shape index (κ3) is 4.29. The molecule has 1 aromatic carbocycles. The van der Waals surface area contributed by atoms with E-state index in [0.717, 1.165) is 6.07 Å². The highest BCUT2D eigenvalue weighted by molar-refractivity contribution is 5.89. The molecule has 0 bridgehead atoms. The van der Waals surface area contributed by atoms with Crippen LogP contribution in [0.5, 0.6) is 0 Å². The van der Waals surface area contributed by atoms with Crippen LogP contribution in [0.15, 0.2) is 55.0 Å². The average molecular weight is 396 g/mol. The highest BCUT2D eigenvalue weighted by Gasteiger charge is 2.22. The predicted octanol–water partition coefficient (Wildman–Crippen LogP) is 3.17. The standard InChI is InChI=1S/C20H18F2N6O/c21-14-3-4-16(17(22)12-14)19-24-7-5-18(26-19)27-8-10-28(11-9-27)20(29)25-15-2-1-6-23-13-15/h1-7,12-13H,8-11H2,(H,25,29). The number of pyridine rings is 1. The second-order valence-electron chi connectivity index (χ2n) is 6.51. The van der Waals surface area contributed by atoms with Gasteiger partial charge in [-0.25, -0.2) is 23.5 Å². The third-order valence-electron chi connectivity index (χ3n) is 4.62. The van der Waals surface area contributed by atoms with Gasteiger partial charge in [0.05, 0.1) is 17.4 Å². The first-order valence-electron chi connectivity index (χ1n) is 9.09. The van der Waals surface area contributed by atoms with Crippen LogP contribution in [0.1, 0.15) is 0 Å². The summed E-state index contributed by atoms with van der Waals surface area (Å²) in [5.41, 5.74) is 0.782. The Morgan fingerprint density at radius 3 is 2.59 bits per heavy atom. The van der Waals surface area contributed by atoms with Gasteiger partial charge in [0.25, 0.3) is 0 Å². The van der Waals surface area contributed by atoms with Gasteiger partial charge >= 0.3 is 6.03 Å². The molecule has 1 aliphatic rings. The molecule has 1 N–H and O–H groups in total. The van der Waals surface area contributed by atoms with E-state index in [4.69, 9.17) is 0 Å². The van der Waals surface area contributed by atoms with E-state index in [2.05, 4.69) is 20.3 Å². The molecule has 3 heterocycles. The van der Waals surface area contributed by atoms with E-state index < -0.39 is 11.6 Å². The second-order valence-corrected chi connectivity index (χ2v) is 6.51. The Bertz CT molecular complexity index is 1010. The van der Waals surface area contributed by atoms with Crippen molar-refractivity contribution in [3.63, 3.8) is 0 Å². The molecule has 0 radical (unpaired) electrons. The first-order chi connectivity index (χ1) is 14.1. The Morgan fingerprint density at radius 1 is 1.03 bits per heavy atom. The van der Waals surface area contributed by atoms with Crippen LogP contribution in [0.4, 0.5) is 25.1 Å². The molecular formula is C20H18F2N6O. The van der Waals surface area contributed by atoms with Gasteiger partial charge in [-0.3, -0.25) is 4.98 Å². The number of nitrogens with one attached hydrogen (secondary N) is 1. The van der Waals surface area contributed by atoms with E-state index in [9.17, 15) is 13.6 Å². The molecule has 0 aliphatic carbocycles. The molecule has 0 atom stereocenters. The van der Waals surface area contributed by atoms with Crippen LogP contribution < -0.4 is 10.2 Å². The monoisotopic (exact) mass is 396 g/mol. The zero-order valence-electron chi connectivity index (χ0n) is 15.4. The number of amides is 2. The molecule has 1 saturated heterocycles. The summed E-state index contributed by atoms with van der Waals surface area (Å²) in [4.78, 5) is 28.6. The van der Waals surface area contributed by atoms with Crippen molar-refractivity contribution in [1.82, 2.24) is 19.9 Å². The largest absolute Gasteiger partial charge is 0.353 e. The lowest BCUT2D eigenvalue weighted by Crippen LogP contribution is -2.50. The van der Waals surface area contributed by atoms with Crippen molar-refractivity contribution in [1.29, 1.82) is 0 Å². The van der Waals surface area contributed by atoms with E-state index in [0.29, 0.717) is 37.7 Å². The Balaban J connectivity index is 1.42. The third-order valence-corrected chi connectivity index (χ3v) is 4.62. The fourth-order valence-electron chi connectivity index (χ4n) is 3.10. The summed E-state index contributed by atoms with van der Waals surface area (Å²) in [5, 5.41) is 2.82. The number of benzene rings is 1. The second kappa shape index (κ2) is 8.17. The summed E-state index contributed by atoms with van der Waals surface area (Å²) in [5.74, 6) is -0.537. The lowest BCUT2D eigenvalue weighted by atomic mass is 10.2. The molecule has 2 aromatic heterocycles. The number of carbonyl (C=O) groups excluding carboxylic acids is 1. The van der Waals surface area contributed by atoms with Gasteiger partial charge in [-0.15, -0.1) is 0 Å². The SMILES string of the molecule is O=C(Nc1cccnc1)N1CCN(c2ccnc(-c3ccc(F)cc3F)n2)CC1. The summed E-state index contributed by atoms with van der Waals surface area (Å²) < 4.78 is 27.2. The Labute approximate surface area is 166 Å². The normalized spacial score (nSPS) is 14.0. The molecular weight excluding hydrogens is 378 g/mol. The van der Waals surface area contributed by atoms with Crippen molar-refractivity contribution < 1.29 is 13.6 Å². The highest BCUT2D eigenvalue weighted by Crippen LogP contribution is 2.22. The molecule has 3 aromatic rings. The van der Waals surface area contributed by atoms with Crippen molar-refractivity contribution in [2.75, 3.05) is 36.4 Å². The topological polar surface area (TPSA) is 74.2 Å². The van der Waals surface area contributed by atoms with Crippen LogP contribution in [0.25, 0.3) is 11.4 Å². The molecule has 7 nitrogen and oxygen atoms in total. The summed E-state index contributed by atoms with van der Waals surface area (Å²) in [7, 11) is 0. The van der Waals surface area contributed by atoms with E-state index in [1.807, 2.05) is 4.90 Å². The van der Waals surface area contributed by atoms with Crippen molar-refractivity contribution in [3.05, 3.63) is 66.6 Å². The maximum Gasteiger partial charge on any atom is 0.322 e. The van der Waals surface area contributed by atoms with Crippen molar-refractivity contribution >= 4 is 17.5 Å². The predicted molar refractivity (Wildman–Crippen MR) is 104 cm³/mol. The highest BCUT2D eigenvalue weighted by atomic mass is 19.1. The van der Waals surface area contributed by atoms with Gasteiger partial charge in [0, 0.05) is 44.6 Å². The minimum Gasteiger partial charge on any atom is -0.353 e. The zero-order valence-corrected chi connectivity index (χ0v) is 15.4. The molecule has 0 spiro atoms. The van der Waals surface area contributed by atoms with Crippen LogP contribution in [0, 0.1) is 11.6 Å². The van der Waals surface area contributed by atoms with Crippen LogP contribution in [-0.2, 0) is 0 Å². The van der Waals surface area contributed by atoms with E-state index in [1.54, 1.807) is 41.7 Å². The van der Waals surface area contributed by atoms with Gasteiger partial charge < -0.3 is 15.1 Å². The fraction of sp³-hybridized carbons (Fsp3) is 0.200. The Morgan fingerprint density at radius 2 is 1.86 bits per heavy atom. The molecule has 29 heavy (non-hydrogen) atoms. The molecule has 2 amide bonds. The number of halogens is 2. The number of rotatable bonds is 3. The van der Waals surface area contributed by atoms with Crippen molar-refractivity contribution in [2.24, 2.45) is 0 Å². The number of hydrogen-bond donors (Lipinski definition) is 1. The summed E-state index contributed by atoms with van der Waals surface area (Å²) in [6.45, 7) is 2.16. The van der Waals surface area contributed by atoms with E-state index >= 15 is 0 Å². The molecule has 1 fully saturated rings. The van der Waals surface area contributed by atoms with E-state index in [-0.39, 0.29) is 17.4 Å². The summed E-state index contributed by atoms with van der Waals surface area (Å²) in [6, 6.07) is 8.39. The van der Waals surface area contributed by atoms with Crippen LogP contribution in [0.2, 0.25) is 0 Å². The molecule has 1 aliphatic heterocycles. The summed E-state index contributed by atoms with van der Waals surface area (Å²) >= 11 is 0. The summed E-state index contributed by atoms with van der Waals surface area (Å²) in [6.07, 6.45) is 4.77. The average Bonchev–Trinajstić information content (AvgIpc) is 2.75. The number of carbonyl (C=O) groups is 1. The Hall–Kier alpha value is -3.62. The zero-order chi connectivity index (χ0) is 20.2. The van der Waals surface area contributed by atoms with Gasteiger partial charge in [-0.05, 0) is 30.3 Å². The molecule has 0 unspecified atom stereocenters. The van der Waals surface area contributed by atoms with E-state index in [1.165, 1.54) is 12.1 Å². The number of urea groups is 1. The van der Waals surface area contributed by atoms with Gasteiger partial charge in [0.1, 0.15) is 17.5 Å². The smallest absolute Gasteiger partial charge is 0.322 e. The van der Waals surface area contributed by atoms with Crippen molar-refractivity contribution in [3.8, 4) is 11.4 Å². The number of aromatic nitrogens is 3. The number of anilines is 2. The first-order valence-corrected chi connectivity index (χ1v) is 9.09.